The van der Waals surface area contributed by atoms with Crippen LogP contribution in [-0.2, 0) is 0 Å². The Morgan fingerprint density at radius 3 is 2.57 bits per heavy atom. The Bertz CT molecular complexity index is 468. The fourth-order valence-corrected chi connectivity index (χ4v) is 1.59. The Labute approximate surface area is 89.9 Å². The maximum Gasteiger partial charge on any atom is 0.153 e. The first kappa shape index (κ1) is 9.49. The van der Waals surface area contributed by atoms with Gasteiger partial charge in [0.05, 0.1) is 5.69 Å². The molecule has 0 fully saturated rings. The number of benzene rings is 1. The predicted molar refractivity (Wildman–Crippen MR) is 53.5 cm³/mol. The van der Waals surface area contributed by atoms with Crippen molar-refractivity contribution >= 4 is 23.2 Å². The highest BCUT2D eigenvalue weighted by Gasteiger charge is 2.06. The minimum atomic E-state index is -0.342. The van der Waals surface area contributed by atoms with Crippen LogP contribution in [0.2, 0.25) is 10.3 Å². The number of halogens is 3. The quantitative estimate of drug-likeness (QED) is 0.736. The van der Waals surface area contributed by atoms with Crippen molar-refractivity contribution in [3.8, 4) is 5.69 Å². The van der Waals surface area contributed by atoms with Crippen molar-refractivity contribution < 1.29 is 4.39 Å². The second kappa shape index (κ2) is 3.59. The lowest BCUT2D eigenvalue weighted by Crippen LogP contribution is -1.96. The summed E-state index contributed by atoms with van der Waals surface area (Å²) in [5.74, 6) is -0.342. The molecule has 1 aromatic carbocycles. The van der Waals surface area contributed by atoms with Crippen LogP contribution >= 0.6 is 23.2 Å². The van der Waals surface area contributed by atoms with Crippen molar-refractivity contribution in [3.05, 3.63) is 46.5 Å². The first-order chi connectivity index (χ1) is 6.66. The van der Waals surface area contributed by atoms with E-state index in [0.29, 0.717) is 10.8 Å². The second-order valence-corrected chi connectivity index (χ2v) is 3.46. The van der Waals surface area contributed by atoms with E-state index in [9.17, 15) is 4.39 Å². The van der Waals surface area contributed by atoms with Gasteiger partial charge in [-0.15, -0.1) is 0 Å². The zero-order valence-electron chi connectivity index (χ0n) is 6.92. The molecule has 5 heteroatoms. The maximum absolute atomic E-state index is 12.9. The Morgan fingerprint density at radius 2 is 2.00 bits per heavy atom. The number of hydrogen-bond acceptors (Lipinski definition) is 1. The minimum absolute atomic E-state index is 0.277. The SMILES string of the molecule is Fc1cccc(-n2nc(Cl)cc2Cl)c1. The maximum atomic E-state index is 12.9. The normalized spacial score (nSPS) is 10.5. The van der Waals surface area contributed by atoms with Crippen molar-refractivity contribution in [1.29, 1.82) is 0 Å². The Morgan fingerprint density at radius 1 is 1.21 bits per heavy atom. The smallest absolute Gasteiger partial charge is 0.153 e. The number of nitrogens with zero attached hydrogens (tertiary/aromatic N) is 2. The van der Waals surface area contributed by atoms with Crippen LogP contribution in [-0.4, -0.2) is 9.78 Å². The van der Waals surface area contributed by atoms with Crippen molar-refractivity contribution in [2.75, 3.05) is 0 Å². The molecule has 0 bridgehead atoms. The lowest BCUT2D eigenvalue weighted by atomic mass is 10.3. The molecule has 0 aliphatic carbocycles. The van der Waals surface area contributed by atoms with E-state index in [-0.39, 0.29) is 11.0 Å². The van der Waals surface area contributed by atoms with E-state index >= 15 is 0 Å². The van der Waals surface area contributed by atoms with Gasteiger partial charge in [-0.05, 0) is 18.2 Å². The first-order valence-corrected chi connectivity index (χ1v) is 4.59. The van der Waals surface area contributed by atoms with E-state index < -0.39 is 0 Å². The van der Waals surface area contributed by atoms with Crippen LogP contribution in [0.4, 0.5) is 4.39 Å². The number of rotatable bonds is 1. The summed E-state index contributed by atoms with van der Waals surface area (Å²) in [5, 5.41) is 4.53. The molecule has 0 spiro atoms. The Balaban J connectivity index is 2.54. The van der Waals surface area contributed by atoms with Gasteiger partial charge in [-0.1, -0.05) is 29.3 Å². The van der Waals surface area contributed by atoms with Crippen LogP contribution in [0.25, 0.3) is 5.69 Å². The molecule has 0 aliphatic rings. The van der Waals surface area contributed by atoms with Gasteiger partial charge in [0.25, 0.3) is 0 Å². The molecule has 0 aliphatic heterocycles. The third-order valence-electron chi connectivity index (χ3n) is 1.69. The van der Waals surface area contributed by atoms with E-state index in [4.69, 9.17) is 23.2 Å². The van der Waals surface area contributed by atoms with E-state index in [1.807, 2.05) is 0 Å². The highest BCUT2D eigenvalue weighted by atomic mass is 35.5. The van der Waals surface area contributed by atoms with Crippen LogP contribution in [0.1, 0.15) is 0 Å². The molecule has 1 aromatic heterocycles. The third-order valence-corrected chi connectivity index (χ3v) is 2.14. The largest absolute Gasteiger partial charge is 0.221 e. The van der Waals surface area contributed by atoms with Crippen LogP contribution in [0.5, 0.6) is 0 Å². The molecule has 0 unspecified atom stereocenters. The summed E-state index contributed by atoms with van der Waals surface area (Å²) in [6.07, 6.45) is 0. The van der Waals surface area contributed by atoms with E-state index in [1.54, 1.807) is 12.1 Å². The fourth-order valence-electron chi connectivity index (χ4n) is 1.12. The Hall–Kier alpha value is -1.06. The molecule has 0 saturated carbocycles. The van der Waals surface area contributed by atoms with Crippen LogP contribution in [0.15, 0.2) is 30.3 Å². The van der Waals surface area contributed by atoms with Crippen LogP contribution in [0, 0.1) is 5.82 Å². The number of aromatic nitrogens is 2. The van der Waals surface area contributed by atoms with Gasteiger partial charge in [0.2, 0.25) is 0 Å². The van der Waals surface area contributed by atoms with Crippen molar-refractivity contribution in [2.24, 2.45) is 0 Å². The molecule has 0 amide bonds. The summed E-state index contributed by atoms with van der Waals surface area (Å²) in [6.45, 7) is 0. The lowest BCUT2D eigenvalue weighted by molar-refractivity contribution is 0.625. The Kier molecular flexibility index (Phi) is 2.44. The molecule has 0 saturated heterocycles. The summed E-state index contributed by atoms with van der Waals surface area (Å²) < 4.78 is 14.2. The monoisotopic (exact) mass is 230 g/mol. The van der Waals surface area contributed by atoms with E-state index in [1.165, 1.54) is 22.9 Å². The topological polar surface area (TPSA) is 17.8 Å². The van der Waals surface area contributed by atoms with Crippen molar-refractivity contribution in [1.82, 2.24) is 9.78 Å². The molecule has 2 aromatic rings. The summed E-state index contributed by atoms with van der Waals surface area (Å²) >= 11 is 11.5. The highest BCUT2D eigenvalue weighted by Crippen LogP contribution is 2.20. The van der Waals surface area contributed by atoms with Gasteiger partial charge in [-0.3, -0.25) is 0 Å². The fraction of sp³-hybridized carbons (Fsp3) is 0. The highest BCUT2D eigenvalue weighted by molar-refractivity contribution is 6.33. The standard InChI is InChI=1S/C9H5Cl2FN2/c10-8-5-9(11)14(13-8)7-3-1-2-6(12)4-7/h1-5H. The van der Waals surface area contributed by atoms with Gasteiger partial charge < -0.3 is 0 Å². The van der Waals surface area contributed by atoms with Crippen molar-refractivity contribution in [3.63, 3.8) is 0 Å². The molecule has 14 heavy (non-hydrogen) atoms. The third kappa shape index (κ3) is 1.74. The van der Waals surface area contributed by atoms with Crippen molar-refractivity contribution in [2.45, 2.75) is 0 Å². The van der Waals surface area contributed by atoms with Gasteiger partial charge in [0.1, 0.15) is 11.0 Å². The zero-order chi connectivity index (χ0) is 10.1. The van der Waals surface area contributed by atoms with Gasteiger partial charge in [0.15, 0.2) is 5.15 Å². The van der Waals surface area contributed by atoms with Crippen LogP contribution < -0.4 is 0 Å². The molecule has 2 rings (SSSR count). The van der Waals surface area contributed by atoms with E-state index in [2.05, 4.69) is 5.10 Å². The second-order valence-electron chi connectivity index (χ2n) is 2.68. The average molecular weight is 231 g/mol. The van der Waals surface area contributed by atoms with E-state index in [0.717, 1.165) is 0 Å². The predicted octanol–water partition coefficient (Wildman–Crippen LogP) is 3.32. The summed E-state index contributed by atoms with van der Waals surface area (Å²) in [6, 6.07) is 7.45. The average Bonchev–Trinajstić information content (AvgIpc) is 2.45. The first-order valence-electron chi connectivity index (χ1n) is 3.84. The number of hydrogen-bond donors (Lipinski definition) is 0. The molecular weight excluding hydrogens is 226 g/mol. The molecule has 0 radical (unpaired) electrons. The van der Waals surface area contributed by atoms with Gasteiger partial charge in [-0.25, -0.2) is 9.07 Å². The molecule has 1 heterocycles. The summed E-state index contributed by atoms with van der Waals surface area (Å²) in [5.41, 5.74) is 0.543. The molecule has 2 nitrogen and oxygen atoms in total. The van der Waals surface area contributed by atoms with Crippen LogP contribution in [0.3, 0.4) is 0 Å². The van der Waals surface area contributed by atoms with Gasteiger partial charge in [0, 0.05) is 6.07 Å². The molecule has 72 valence electrons. The summed E-state index contributed by atoms with van der Waals surface area (Å²) in [4.78, 5) is 0. The lowest BCUT2D eigenvalue weighted by Gasteiger charge is -2.01. The van der Waals surface area contributed by atoms with Gasteiger partial charge in [-0.2, -0.15) is 5.10 Å². The summed E-state index contributed by atoms with van der Waals surface area (Å²) in [7, 11) is 0. The molecule has 0 atom stereocenters. The molecule has 0 N–H and O–H groups in total. The zero-order valence-corrected chi connectivity index (χ0v) is 8.43. The molecular formula is C9H5Cl2FN2. The minimum Gasteiger partial charge on any atom is -0.221 e. The van der Waals surface area contributed by atoms with Gasteiger partial charge >= 0.3 is 0 Å².